The number of carbonyl (C=O) groups excluding carboxylic acids is 2. The van der Waals surface area contributed by atoms with Crippen molar-refractivity contribution < 1.29 is 23.8 Å². The lowest BCUT2D eigenvalue weighted by atomic mass is 10.2. The number of rotatable bonds is 9. The summed E-state index contributed by atoms with van der Waals surface area (Å²) in [4.78, 5) is 23.9. The van der Waals surface area contributed by atoms with Crippen molar-refractivity contribution in [3.63, 3.8) is 0 Å². The molecule has 0 unspecified atom stereocenters. The fourth-order valence-corrected chi connectivity index (χ4v) is 2.52. The van der Waals surface area contributed by atoms with Crippen molar-refractivity contribution in [3.05, 3.63) is 48.5 Å². The van der Waals surface area contributed by atoms with Crippen molar-refractivity contribution in [2.75, 3.05) is 18.5 Å². The van der Waals surface area contributed by atoms with Gasteiger partial charge in [0.1, 0.15) is 17.1 Å². The number of para-hydroxylation sites is 2. The van der Waals surface area contributed by atoms with E-state index in [1.54, 1.807) is 32.9 Å². The van der Waals surface area contributed by atoms with Crippen molar-refractivity contribution in [2.45, 2.75) is 46.1 Å². The van der Waals surface area contributed by atoms with Gasteiger partial charge in [0.05, 0.1) is 12.3 Å². The summed E-state index contributed by atoms with van der Waals surface area (Å²) in [7, 11) is 0. The molecule has 30 heavy (non-hydrogen) atoms. The van der Waals surface area contributed by atoms with Gasteiger partial charge in [0.2, 0.25) is 5.91 Å². The quantitative estimate of drug-likeness (QED) is 0.556. The molecule has 0 aliphatic carbocycles. The average Bonchev–Trinajstić information content (AvgIpc) is 2.67. The van der Waals surface area contributed by atoms with Crippen LogP contribution in [-0.4, -0.2) is 30.8 Å². The van der Waals surface area contributed by atoms with Crippen molar-refractivity contribution in [2.24, 2.45) is 0 Å². The first-order valence-electron chi connectivity index (χ1n) is 10.0. The van der Waals surface area contributed by atoms with E-state index in [4.69, 9.17) is 14.2 Å². The zero-order valence-electron chi connectivity index (χ0n) is 18.0. The highest BCUT2D eigenvalue weighted by molar-refractivity contribution is 5.92. The third kappa shape index (κ3) is 8.43. The standard InChI is InChI=1S/C23H30N2O5/c1-5-28-17-12-14-18(15-13-17)29-20-10-7-6-9-19(20)25-21(26)11-8-16-24-22(27)30-23(2,3)4/h6-7,9-10,12-15H,5,8,11,16H2,1-4H3,(H,24,27)(H,25,26). The summed E-state index contributed by atoms with van der Waals surface area (Å²) in [5, 5.41) is 5.50. The largest absolute Gasteiger partial charge is 0.494 e. The van der Waals surface area contributed by atoms with E-state index >= 15 is 0 Å². The predicted molar refractivity (Wildman–Crippen MR) is 116 cm³/mol. The van der Waals surface area contributed by atoms with Crippen LogP contribution in [0.5, 0.6) is 17.2 Å². The molecular formula is C23H30N2O5. The zero-order valence-corrected chi connectivity index (χ0v) is 18.0. The lowest BCUT2D eigenvalue weighted by Crippen LogP contribution is -2.33. The van der Waals surface area contributed by atoms with Crippen molar-refractivity contribution in [1.29, 1.82) is 0 Å². The summed E-state index contributed by atoms with van der Waals surface area (Å²) >= 11 is 0. The lowest BCUT2D eigenvalue weighted by molar-refractivity contribution is -0.116. The number of hydrogen-bond donors (Lipinski definition) is 2. The van der Waals surface area contributed by atoms with Crippen LogP contribution in [0, 0.1) is 0 Å². The van der Waals surface area contributed by atoms with Gasteiger partial charge < -0.3 is 24.8 Å². The molecular weight excluding hydrogens is 384 g/mol. The number of anilines is 1. The van der Waals surface area contributed by atoms with Gasteiger partial charge >= 0.3 is 6.09 Å². The summed E-state index contributed by atoms with van der Waals surface area (Å²) < 4.78 is 16.5. The molecule has 0 aromatic heterocycles. The number of hydrogen-bond acceptors (Lipinski definition) is 5. The first kappa shape index (κ1) is 23.1. The molecule has 0 bridgehead atoms. The smallest absolute Gasteiger partial charge is 0.407 e. The maximum atomic E-state index is 12.3. The van der Waals surface area contributed by atoms with Gasteiger partial charge in [-0.05, 0) is 70.5 Å². The number of nitrogens with one attached hydrogen (secondary N) is 2. The minimum Gasteiger partial charge on any atom is -0.494 e. The summed E-state index contributed by atoms with van der Waals surface area (Å²) in [6, 6.07) is 14.5. The van der Waals surface area contributed by atoms with Gasteiger partial charge in [-0.2, -0.15) is 0 Å². The zero-order chi connectivity index (χ0) is 22.0. The Morgan fingerprint density at radius 1 is 0.967 bits per heavy atom. The van der Waals surface area contributed by atoms with E-state index in [2.05, 4.69) is 10.6 Å². The first-order valence-corrected chi connectivity index (χ1v) is 10.0. The maximum absolute atomic E-state index is 12.3. The topological polar surface area (TPSA) is 85.9 Å². The molecule has 0 aliphatic rings. The van der Waals surface area contributed by atoms with E-state index in [1.807, 2.05) is 43.3 Å². The van der Waals surface area contributed by atoms with Crippen LogP contribution in [0.4, 0.5) is 10.5 Å². The van der Waals surface area contributed by atoms with Gasteiger partial charge in [-0.1, -0.05) is 12.1 Å². The van der Waals surface area contributed by atoms with Crippen LogP contribution < -0.4 is 20.1 Å². The fraction of sp³-hybridized carbons (Fsp3) is 0.391. The van der Waals surface area contributed by atoms with Crippen LogP contribution in [-0.2, 0) is 9.53 Å². The van der Waals surface area contributed by atoms with Gasteiger partial charge in [-0.15, -0.1) is 0 Å². The van der Waals surface area contributed by atoms with E-state index < -0.39 is 11.7 Å². The first-order chi connectivity index (χ1) is 14.3. The van der Waals surface area contributed by atoms with Crippen molar-refractivity contribution in [3.8, 4) is 17.2 Å². The Hall–Kier alpha value is -3.22. The Balaban J connectivity index is 1.83. The van der Waals surface area contributed by atoms with Gasteiger partial charge in [-0.25, -0.2) is 4.79 Å². The third-order valence-electron chi connectivity index (χ3n) is 3.77. The van der Waals surface area contributed by atoms with Gasteiger partial charge in [-0.3, -0.25) is 4.79 Å². The number of ether oxygens (including phenoxy) is 3. The molecule has 2 aromatic carbocycles. The summed E-state index contributed by atoms with van der Waals surface area (Å²) in [5.41, 5.74) is 0.0330. The minimum absolute atomic E-state index is 0.163. The fourth-order valence-electron chi connectivity index (χ4n) is 2.52. The minimum atomic E-state index is -0.547. The van der Waals surface area contributed by atoms with E-state index in [9.17, 15) is 9.59 Å². The Morgan fingerprint density at radius 2 is 1.63 bits per heavy atom. The number of amides is 2. The van der Waals surface area contributed by atoms with Crippen molar-refractivity contribution in [1.82, 2.24) is 5.32 Å². The molecule has 162 valence electrons. The Labute approximate surface area is 177 Å². The highest BCUT2D eigenvalue weighted by Crippen LogP contribution is 2.30. The van der Waals surface area contributed by atoms with E-state index in [0.717, 1.165) is 5.75 Å². The molecule has 0 heterocycles. The SMILES string of the molecule is CCOc1ccc(Oc2ccccc2NC(=O)CCCNC(=O)OC(C)(C)C)cc1. The summed E-state index contributed by atoms with van der Waals surface area (Å²) in [6.45, 7) is 8.28. The second-order valence-electron chi connectivity index (χ2n) is 7.58. The average molecular weight is 415 g/mol. The van der Waals surface area contributed by atoms with Crippen LogP contribution in [0.25, 0.3) is 0 Å². The normalized spacial score (nSPS) is 10.8. The molecule has 2 amide bonds. The highest BCUT2D eigenvalue weighted by atomic mass is 16.6. The molecule has 0 radical (unpaired) electrons. The summed E-state index contributed by atoms with van der Waals surface area (Å²) in [6.07, 6.45) is 0.261. The molecule has 0 saturated carbocycles. The molecule has 0 spiro atoms. The van der Waals surface area contributed by atoms with Crippen LogP contribution >= 0.6 is 0 Å². The van der Waals surface area contributed by atoms with E-state index in [-0.39, 0.29) is 12.3 Å². The van der Waals surface area contributed by atoms with Crippen LogP contribution in [0.3, 0.4) is 0 Å². The molecule has 2 rings (SSSR count). The van der Waals surface area contributed by atoms with Crippen molar-refractivity contribution >= 4 is 17.7 Å². The molecule has 7 nitrogen and oxygen atoms in total. The summed E-state index contributed by atoms with van der Waals surface area (Å²) in [5.74, 6) is 1.79. The van der Waals surface area contributed by atoms with Crippen LogP contribution in [0.1, 0.15) is 40.5 Å². The predicted octanol–water partition coefficient (Wildman–Crippen LogP) is 5.12. The molecule has 7 heteroatoms. The van der Waals surface area contributed by atoms with Crippen LogP contribution in [0.2, 0.25) is 0 Å². The molecule has 0 fully saturated rings. The third-order valence-corrected chi connectivity index (χ3v) is 3.77. The number of benzene rings is 2. The van der Waals surface area contributed by atoms with Crippen LogP contribution in [0.15, 0.2) is 48.5 Å². The van der Waals surface area contributed by atoms with E-state index in [0.29, 0.717) is 36.8 Å². The highest BCUT2D eigenvalue weighted by Gasteiger charge is 2.15. The van der Waals surface area contributed by atoms with Gasteiger partial charge in [0, 0.05) is 13.0 Å². The molecule has 0 aliphatic heterocycles. The maximum Gasteiger partial charge on any atom is 0.407 e. The molecule has 0 saturated heterocycles. The monoisotopic (exact) mass is 414 g/mol. The second kappa shape index (κ2) is 11.1. The Bertz CT molecular complexity index is 828. The Kier molecular flexibility index (Phi) is 8.53. The molecule has 0 atom stereocenters. The van der Waals surface area contributed by atoms with Gasteiger partial charge in [0.15, 0.2) is 5.75 Å². The number of alkyl carbamates (subject to hydrolysis) is 1. The Morgan fingerprint density at radius 3 is 2.30 bits per heavy atom. The second-order valence-corrected chi connectivity index (χ2v) is 7.58. The van der Waals surface area contributed by atoms with Gasteiger partial charge in [0.25, 0.3) is 0 Å². The lowest BCUT2D eigenvalue weighted by Gasteiger charge is -2.19. The number of carbonyl (C=O) groups is 2. The molecule has 2 aromatic rings. The molecule has 2 N–H and O–H groups in total. The van der Waals surface area contributed by atoms with E-state index in [1.165, 1.54) is 0 Å².